The zero-order chi connectivity index (χ0) is 17.5. The predicted molar refractivity (Wildman–Crippen MR) is 96.7 cm³/mol. The average molecular weight is 331 g/mol. The molecule has 0 saturated carbocycles. The zero-order valence-electron chi connectivity index (χ0n) is 14.9. The van der Waals surface area contributed by atoms with Gasteiger partial charge in [0.15, 0.2) is 0 Å². The largest absolute Gasteiger partial charge is 0.354 e. The fourth-order valence-electron chi connectivity index (χ4n) is 2.96. The molecule has 5 heteroatoms. The highest BCUT2D eigenvalue weighted by atomic mass is 16.2. The number of anilines is 1. The van der Waals surface area contributed by atoms with Crippen LogP contribution in [0.25, 0.3) is 0 Å². The van der Waals surface area contributed by atoms with Crippen molar-refractivity contribution < 1.29 is 9.59 Å². The van der Waals surface area contributed by atoms with Crippen molar-refractivity contribution in [2.75, 3.05) is 25.0 Å². The Morgan fingerprint density at radius 1 is 1.21 bits per heavy atom. The van der Waals surface area contributed by atoms with Gasteiger partial charge in [0, 0.05) is 18.8 Å². The molecule has 5 nitrogen and oxygen atoms in total. The minimum absolute atomic E-state index is 0.0423. The highest BCUT2D eigenvalue weighted by molar-refractivity contribution is 5.92. The van der Waals surface area contributed by atoms with E-state index in [1.807, 2.05) is 37.3 Å². The van der Waals surface area contributed by atoms with Crippen LogP contribution in [-0.4, -0.2) is 42.4 Å². The molecule has 1 aromatic carbocycles. The molecule has 1 aliphatic rings. The molecule has 0 bridgehead atoms. The van der Waals surface area contributed by atoms with Gasteiger partial charge in [0.1, 0.15) is 0 Å². The van der Waals surface area contributed by atoms with E-state index in [0.29, 0.717) is 19.0 Å². The van der Waals surface area contributed by atoms with Crippen LogP contribution in [0.15, 0.2) is 30.3 Å². The summed E-state index contributed by atoms with van der Waals surface area (Å²) in [6, 6.07) is 9.32. The normalized spacial score (nSPS) is 19.8. The molecule has 2 amide bonds. The number of carbonyl (C=O) groups excluding carboxylic acids is 2. The Labute approximate surface area is 144 Å². The van der Waals surface area contributed by atoms with Crippen molar-refractivity contribution in [1.29, 1.82) is 0 Å². The van der Waals surface area contributed by atoms with E-state index in [1.165, 1.54) is 0 Å². The van der Waals surface area contributed by atoms with Crippen molar-refractivity contribution in [3.63, 3.8) is 0 Å². The lowest BCUT2D eigenvalue weighted by Crippen LogP contribution is -2.51. The molecule has 1 saturated heterocycles. The smallest absolute Gasteiger partial charge is 0.237 e. The fraction of sp³-hybridized carbons (Fsp3) is 0.579. The molecule has 132 valence electrons. The van der Waals surface area contributed by atoms with Gasteiger partial charge in [0.05, 0.1) is 12.0 Å². The Bertz CT molecular complexity index is 545. The van der Waals surface area contributed by atoms with Crippen LogP contribution >= 0.6 is 0 Å². The lowest BCUT2D eigenvalue weighted by atomic mass is 9.95. The molecule has 2 unspecified atom stereocenters. The number of benzene rings is 1. The zero-order valence-corrected chi connectivity index (χ0v) is 14.9. The molecule has 2 rings (SSSR count). The summed E-state index contributed by atoms with van der Waals surface area (Å²) in [5.41, 5.74) is 0.822. The summed E-state index contributed by atoms with van der Waals surface area (Å²) in [7, 11) is 0. The standard InChI is InChI=1S/C19H29N3O2/c1-14(2)12-20-18(23)15(3)22-11-7-8-16(13-22)19(24)21-17-9-5-4-6-10-17/h4-6,9-10,14-16H,7-8,11-13H2,1-3H3,(H,20,23)(H,21,24). The first kappa shape index (κ1) is 18.5. The van der Waals surface area contributed by atoms with Gasteiger partial charge >= 0.3 is 0 Å². The first-order valence-electron chi connectivity index (χ1n) is 8.85. The number of amides is 2. The number of nitrogens with zero attached hydrogens (tertiary/aromatic N) is 1. The van der Waals surface area contributed by atoms with Gasteiger partial charge in [-0.1, -0.05) is 32.0 Å². The quantitative estimate of drug-likeness (QED) is 0.842. The molecule has 2 N–H and O–H groups in total. The second kappa shape index (κ2) is 8.83. The number of piperidine rings is 1. The summed E-state index contributed by atoms with van der Waals surface area (Å²) in [6.45, 7) is 8.27. The van der Waals surface area contributed by atoms with Crippen molar-refractivity contribution in [2.45, 2.75) is 39.7 Å². The molecule has 0 aromatic heterocycles. The summed E-state index contributed by atoms with van der Waals surface area (Å²) >= 11 is 0. The molecular weight excluding hydrogens is 302 g/mol. The van der Waals surface area contributed by atoms with Gasteiger partial charge in [-0.15, -0.1) is 0 Å². The van der Waals surface area contributed by atoms with Gasteiger partial charge in [-0.2, -0.15) is 0 Å². The van der Waals surface area contributed by atoms with E-state index in [0.717, 1.165) is 25.1 Å². The van der Waals surface area contributed by atoms with E-state index < -0.39 is 0 Å². The van der Waals surface area contributed by atoms with E-state index >= 15 is 0 Å². The Kier molecular flexibility index (Phi) is 6.79. The van der Waals surface area contributed by atoms with Gasteiger partial charge in [-0.05, 0) is 44.4 Å². The molecule has 1 heterocycles. The summed E-state index contributed by atoms with van der Waals surface area (Å²) in [5.74, 6) is 0.458. The molecule has 1 aromatic rings. The summed E-state index contributed by atoms with van der Waals surface area (Å²) in [6.07, 6.45) is 1.81. The van der Waals surface area contributed by atoms with Crippen molar-refractivity contribution in [1.82, 2.24) is 10.2 Å². The topological polar surface area (TPSA) is 61.4 Å². The number of para-hydroxylation sites is 1. The van der Waals surface area contributed by atoms with Gasteiger partial charge in [-0.25, -0.2) is 0 Å². The Hall–Kier alpha value is -1.88. The maximum absolute atomic E-state index is 12.5. The van der Waals surface area contributed by atoms with E-state index in [-0.39, 0.29) is 23.8 Å². The van der Waals surface area contributed by atoms with E-state index in [4.69, 9.17) is 0 Å². The first-order chi connectivity index (χ1) is 11.5. The monoisotopic (exact) mass is 331 g/mol. The van der Waals surface area contributed by atoms with Crippen LogP contribution in [0.5, 0.6) is 0 Å². The number of hydrogen-bond donors (Lipinski definition) is 2. The third kappa shape index (κ3) is 5.34. The maximum Gasteiger partial charge on any atom is 0.237 e. The minimum Gasteiger partial charge on any atom is -0.354 e. The molecule has 1 aliphatic heterocycles. The maximum atomic E-state index is 12.5. The highest BCUT2D eigenvalue weighted by Gasteiger charge is 2.30. The van der Waals surface area contributed by atoms with Gasteiger partial charge in [0.2, 0.25) is 11.8 Å². The van der Waals surface area contributed by atoms with Crippen LogP contribution in [-0.2, 0) is 9.59 Å². The summed E-state index contributed by atoms with van der Waals surface area (Å²) < 4.78 is 0. The third-order valence-corrected chi connectivity index (χ3v) is 4.48. The Morgan fingerprint density at radius 2 is 1.92 bits per heavy atom. The molecule has 2 atom stereocenters. The highest BCUT2D eigenvalue weighted by Crippen LogP contribution is 2.20. The summed E-state index contributed by atoms with van der Waals surface area (Å²) in [4.78, 5) is 26.9. The third-order valence-electron chi connectivity index (χ3n) is 4.48. The van der Waals surface area contributed by atoms with Crippen LogP contribution in [0.1, 0.15) is 33.6 Å². The van der Waals surface area contributed by atoms with Crippen LogP contribution in [0, 0.1) is 11.8 Å². The van der Waals surface area contributed by atoms with Crippen molar-refractivity contribution in [3.05, 3.63) is 30.3 Å². The fourth-order valence-corrected chi connectivity index (χ4v) is 2.96. The van der Waals surface area contributed by atoms with Crippen molar-refractivity contribution in [2.24, 2.45) is 11.8 Å². The molecule has 24 heavy (non-hydrogen) atoms. The second-order valence-electron chi connectivity index (χ2n) is 7.00. The van der Waals surface area contributed by atoms with Gasteiger partial charge in [-0.3, -0.25) is 14.5 Å². The number of carbonyl (C=O) groups is 2. The number of nitrogens with one attached hydrogen (secondary N) is 2. The van der Waals surface area contributed by atoms with Gasteiger partial charge < -0.3 is 10.6 Å². The van der Waals surface area contributed by atoms with E-state index in [9.17, 15) is 9.59 Å². The first-order valence-corrected chi connectivity index (χ1v) is 8.85. The lowest BCUT2D eigenvalue weighted by Gasteiger charge is -2.35. The SMILES string of the molecule is CC(C)CNC(=O)C(C)N1CCCC(C(=O)Nc2ccccc2)C1. The Morgan fingerprint density at radius 3 is 2.58 bits per heavy atom. The number of hydrogen-bond acceptors (Lipinski definition) is 3. The van der Waals surface area contributed by atoms with Crippen molar-refractivity contribution >= 4 is 17.5 Å². The number of rotatable bonds is 6. The van der Waals surface area contributed by atoms with Crippen molar-refractivity contribution in [3.8, 4) is 0 Å². The minimum atomic E-state index is -0.198. The summed E-state index contributed by atoms with van der Waals surface area (Å²) in [5, 5.41) is 5.96. The van der Waals surface area contributed by atoms with Crippen LogP contribution in [0.4, 0.5) is 5.69 Å². The lowest BCUT2D eigenvalue weighted by molar-refractivity contribution is -0.129. The van der Waals surface area contributed by atoms with Gasteiger partial charge in [0.25, 0.3) is 0 Å². The molecule has 0 radical (unpaired) electrons. The molecular formula is C19H29N3O2. The van der Waals surface area contributed by atoms with E-state index in [1.54, 1.807) is 0 Å². The predicted octanol–water partition coefficient (Wildman–Crippen LogP) is 2.50. The molecule has 0 aliphatic carbocycles. The average Bonchev–Trinajstić information content (AvgIpc) is 2.60. The van der Waals surface area contributed by atoms with Crippen LogP contribution in [0.3, 0.4) is 0 Å². The van der Waals surface area contributed by atoms with E-state index in [2.05, 4.69) is 29.4 Å². The van der Waals surface area contributed by atoms with Crippen LogP contribution < -0.4 is 10.6 Å². The second-order valence-corrected chi connectivity index (χ2v) is 7.00. The molecule has 0 spiro atoms. The molecule has 1 fully saturated rings. The van der Waals surface area contributed by atoms with Crippen LogP contribution in [0.2, 0.25) is 0 Å². The Balaban J connectivity index is 1.88. The number of likely N-dealkylation sites (tertiary alicyclic amines) is 1.